The summed E-state index contributed by atoms with van der Waals surface area (Å²) in [5.41, 5.74) is 1.14. The van der Waals surface area contributed by atoms with Gasteiger partial charge in [0.25, 0.3) is 0 Å². The van der Waals surface area contributed by atoms with Crippen LogP contribution in [0.5, 0.6) is 0 Å². The van der Waals surface area contributed by atoms with Crippen LogP contribution in [0.4, 0.5) is 0 Å². The lowest BCUT2D eigenvalue weighted by molar-refractivity contribution is -0.139. The standard InChI is InChI=1S/C16H19NO2/c1-2-6-15(16(18)19)17-11-13-9-5-8-12-7-3-4-10-14(12)13/h3-5,7-10,15,17H,2,6,11H2,1H3,(H,18,19)/t15-/m1/s1. The van der Waals surface area contributed by atoms with Crippen molar-refractivity contribution in [2.75, 3.05) is 0 Å². The highest BCUT2D eigenvalue weighted by atomic mass is 16.4. The van der Waals surface area contributed by atoms with E-state index in [0.29, 0.717) is 13.0 Å². The molecule has 1 atom stereocenters. The molecule has 0 radical (unpaired) electrons. The maximum absolute atomic E-state index is 11.1. The lowest BCUT2D eigenvalue weighted by atomic mass is 10.0. The maximum atomic E-state index is 11.1. The van der Waals surface area contributed by atoms with Gasteiger partial charge < -0.3 is 10.4 Å². The van der Waals surface area contributed by atoms with Gasteiger partial charge in [0.2, 0.25) is 0 Å². The molecule has 0 aromatic heterocycles. The first-order valence-electron chi connectivity index (χ1n) is 6.65. The third-order valence-electron chi connectivity index (χ3n) is 3.29. The van der Waals surface area contributed by atoms with Crippen molar-refractivity contribution in [2.45, 2.75) is 32.4 Å². The number of aliphatic carboxylic acids is 1. The first-order chi connectivity index (χ1) is 9.22. The van der Waals surface area contributed by atoms with Crippen LogP contribution in [0, 0.1) is 0 Å². The van der Waals surface area contributed by atoms with Gasteiger partial charge in [-0.1, -0.05) is 55.8 Å². The van der Waals surface area contributed by atoms with Crippen LogP contribution in [0.15, 0.2) is 42.5 Å². The van der Waals surface area contributed by atoms with Crippen molar-refractivity contribution >= 4 is 16.7 Å². The van der Waals surface area contributed by atoms with Crippen LogP contribution in [0.25, 0.3) is 10.8 Å². The quantitative estimate of drug-likeness (QED) is 0.835. The SMILES string of the molecule is CCC[C@@H](NCc1cccc2ccccc12)C(=O)O. The minimum Gasteiger partial charge on any atom is -0.480 e. The number of nitrogens with one attached hydrogen (secondary N) is 1. The molecule has 2 aromatic rings. The van der Waals surface area contributed by atoms with E-state index in [1.807, 2.05) is 31.2 Å². The average molecular weight is 257 g/mol. The second kappa shape index (κ2) is 6.34. The molecule has 3 heteroatoms. The van der Waals surface area contributed by atoms with Gasteiger partial charge in [0.15, 0.2) is 0 Å². The highest BCUT2D eigenvalue weighted by Gasteiger charge is 2.15. The summed E-state index contributed by atoms with van der Waals surface area (Å²) in [6.07, 6.45) is 1.51. The fraction of sp³-hybridized carbons (Fsp3) is 0.312. The van der Waals surface area contributed by atoms with Gasteiger partial charge in [-0.25, -0.2) is 0 Å². The largest absolute Gasteiger partial charge is 0.480 e. The summed E-state index contributed by atoms with van der Waals surface area (Å²) in [5.74, 6) is -0.776. The Morgan fingerprint density at radius 2 is 1.95 bits per heavy atom. The van der Waals surface area contributed by atoms with Crippen molar-refractivity contribution in [1.82, 2.24) is 5.32 Å². The first-order valence-corrected chi connectivity index (χ1v) is 6.65. The molecule has 0 aliphatic rings. The molecule has 2 N–H and O–H groups in total. The van der Waals surface area contributed by atoms with Crippen LogP contribution in [-0.2, 0) is 11.3 Å². The number of fused-ring (bicyclic) bond motifs is 1. The van der Waals surface area contributed by atoms with Crippen LogP contribution in [0.1, 0.15) is 25.3 Å². The zero-order chi connectivity index (χ0) is 13.7. The lowest BCUT2D eigenvalue weighted by Gasteiger charge is -2.14. The number of carboxylic acids is 1. The van der Waals surface area contributed by atoms with E-state index in [0.717, 1.165) is 12.0 Å². The van der Waals surface area contributed by atoms with Crippen molar-refractivity contribution in [3.05, 3.63) is 48.0 Å². The molecule has 2 aromatic carbocycles. The molecule has 0 spiro atoms. The van der Waals surface area contributed by atoms with Crippen molar-refractivity contribution in [3.63, 3.8) is 0 Å². The van der Waals surface area contributed by atoms with Crippen LogP contribution in [-0.4, -0.2) is 17.1 Å². The van der Waals surface area contributed by atoms with Crippen molar-refractivity contribution < 1.29 is 9.90 Å². The Bertz CT molecular complexity index is 560. The molecule has 0 bridgehead atoms. The molecule has 0 saturated carbocycles. The fourth-order valence-electron chi connectivity index (χ4n) is 2.28. The molecule has 0 aliphatic heterocycles. The molecular weight excluding hydrogens is 238 g/mol. The Kier molecular flexibility index (Phi) is 4.53. The number of hydrogen-bond acceptors (Lipinski definition) is 2. The van der Waals surface area contributed by atoms with Gasteiger partial charge in [0.05, 0.1) is 0 Å². The van der Waals surface area contributed by atoms with E-state index in [-0.39, 0.29) is 0 Å². The number of benzene rings is 2. The minimum absolute atomic E-state index is 0.469. The maximum Gasteiger partial charge on any atom is 0.320 e. The first kappa shape index (κ1) is 13.6. The van der Waals surface area contributed by atoms with Gasteiger partial charge in [-0.3, -0.25) is 4.79 Å². The van der Waals surface area contributed by atoms with E-state index in [1.165, 1.54) is 10.8 Å². The molecule has 0 heterocycles. The Labute approximate surface area is 113 Å². The zero-order valence-corrected chi connectivity index (χ0v) is 11.1. The molecular formula is C16H19NO2. The second-order valence-corrected chi connectivity index (χ2v) is 4.70. The summed E-state index contributed by atoms with van der Waals surface area (Å²) in [7, 11) is 0. The Morgan fingerprint density at radius 3 is 2.68 bits per heavy atom. The van der Waals surface area contributed by atoms with Crippen molar-refractivity contribution in [3.8, 4) is 0 Å². The molecule has 19 heavy (non-hydrogen) atoms. The summed E-state index contributed by atoms with van der Waals surface area (Å²) in [4.78, 5) is 11.1. The van der Waals surface area contributed by atoms with Crippen molar-refractivity contribution in [2.24, 2.45) is 0 Å². The molecule has 2 rings (SSSR count). The molecule has 0 aliphatic carbocycles. The molecule has 100 valence electrons. The predicted molar refractivity (Wildman–Crippen MR) is 77.1 cm³/mol. The predicted octanol–water partition coefficient (Wildman–Crippen LogP) is 3.18. The van der Waals surface area contributed by atoms with E-state index in [2.05, 4.69) is 23.5 Å². The smallest absolute Gasteiger partial charge is 0.320 e. The lowest BCUT2D eigenvalue weighted by Crippen LogP contribution is -2.36. The summed E-state index contributed by atoms with van der Waals surface area (Å²) in [6, 6.07) is 13.8. The van der Waals surface area contributed by atoms with Gasteiger partial charge in [0.1, 0.15) is 6.04 Å². The summed E-state index contributed by atoms with van der Waals surface area (Å²) in [5, 5.41) is 14.6. The van der Waals surface area contributed by atoms with Gasteiger partial charge in [-0.05, 0) is 22.8 Å². The second-order valence-electron chi connectivity index (χ2n) is 4.70. The summed E-state index contributed by atoms with van der Waals surface area (Å²) >= 11 is 0. The van der Waals surface area contributed by atoms with Gasteiger partial charge in [0, 0.05) is 6.54 Å². The molecule has 0 saturated heterocycles. The Morgan fingerprint density at radius 1 is 1.21 bits per heavy atom. The van der Waals surface area contributed by atoms with E-state index in [9.17, 15) is 4.79 Å². The van der Waals surface area contributed by atoms with E-state index in [1.54, 1.807) is 0 Å². The van der Waals surface area contributed by atoms with Crippen LogP contribution in [0.3, 0.4) is 0 Å². The highest BCUT2D eigenvalue weighted by Crippen LogP contribution is 2.18. The number of carboxylic acid groups (broad SMARTS) is 1. The molecule has 0 unspecified atom stereocenters. The molecule has 0 fully saturated rings. The van der Waals surface area contributed by atoms with Crippen LogP contribution in [0.2, 0.25) is 0 Å². The molecule has 0 amide bonds. The average Bonchev–Trinajstić information content (AvgIpc) is 2.43. The summed E-state index contributed by atoms with van der Waals surface area (Å²) in [6.45, 7) is 2.58. The third kappa shape index (κ3) is 3.32. The topological polar surface area (TPSA) is 49.3 Å². The van der Waals surface area contributed by atoms with Crippen molar-refractivity contribution in [1.29, 1.82) is 0 Å². The minimum atomic E-state index is -0.776. The summed E-state index contributed by atoms with van der Waals surface area (Å²) < 4.78 is 0. The van der Waals surface area contributed by atoms with Gasteiger partial charge in [-0.2, -0.15) is 0 Å². The van der Waals surface area contributed by atoms with Gasteiger partial charge >= 0.3 is 5.97 Å². The fourth-order valence-corrected chi connectivity index (χ4v) is 2.28. The normalized spacial score (nSPS) is 12.5. The highest BCUT2D eigenvalue weighted by molar-refractivity contribution is 5.85. The van der Waals surface area contributed by atoms with E-state index >= 15 is 0 Å². The molecule has 3 nitrogen and oxygen atoms in total. The number of hydrogen-bond donors (Lipinski definition) is 2. The monoisotopic (exact) mass is 257 g/mol. The Hall–Kier alpha value is -1.87. The zero-order valence-electron chi connectivity index (χ0n) is 11.1. The van der Waals surface area contributed by atoms with E-state index in [4.69, 9.17) is 5.11 Å². The van der Waals surface area contributed by atoms with Crippen LogP contribution >= 0.6 is 0 Å². The number of rotatable bonds is 6. The van der Waals surface area contributed by atoms with Crippen LogP contribution < -0.4 is 5.32 Å². The van der Waals surface area contributed by atoms with Gasteiger partial charge in [-0.15, -0.1) is 0 Å². The number of carbonyl (C=O) groups is 1. The van der Waals surface area contributed by atoms with E-state index < -0.39 is 12.0 Å². The Balaban J connectivity index is 2.15. The third-order valence-corrected chi connectivity index (χ3v) is 3.29.